The van der Waals surface area contributed by atoms with Crippen LogP contribution in [0.2, 0.25) is 5.02 Å². The Bertz CT molecular complexity index is 3310. The number of nitrogens with zero attached hydrogens (tertiary/aromatic N) is 4. The van der Waals surface area contributed by atoms with Crippen LogP contribution in [0.3, 0.4) is 0 Å². The Kier molecular flexibility index (Phi) is 22.9. The summed E-state index contributed by atoms with van der Waals surface area (Å²) >= 11 is 6.89. The Morgan fingerprint density at radius 1 is 0.989 bits per heavy atom. The number of aromatic nitrogens is 1. The molecule has 3 aromatic rings. The Morgan fingerprint density at radius 2 is 1.71 bits per heavy atom. The number of carbonyl (C=O) groups excluding carboxylic acids is 10. The average molecular weight is 1250 g/mol. The van der Waals surface area contributed by atoms with Gasteiger partial charge in [0, 0.05) is 89.1 Å². The number of halogens is 1. The van der Waals surface area contributed by atoms with Crippen molar-refractivity contribution < 1.29 is 72.0 Å². The van der Waals surface area contributed by atoms with Crippen LogP contribution in [-0.4, -0.2) is 161 Å². The number of aryl methyl sites for hydroxylation is 1. The van der Waals surface area contributed by atoms with Gasteiger partial charge in [0.05, 0.1) is 46.4 Å². The predicted octanol–water partition coefficient (Wildman–Crippen LogP) is 6.51. The van der Waals surface area contributed by atoms with Crippen LogP contribution >= 0.6 is 11.6 Å². The van der Waals surface area contributed by atoms with E-state index in [1.165, 1.54) is 56.5 Å². The molecule has 23 nitrogen and oxygen atoms in total. The smallest absolute Gasteiger partial charge is 0.328 e. The number of hydrogen-bond donors (Lipinski definition) is 5. The quantitative estimate of drug-likeness (QED) is 0.0310. The largest absolute Gasteiger partial charge is 0.462 e. The second-order valence-electron chi connectivity index (χ2n) is 24.4. The van der Waals surface area contributed by atoms with E-state index in [4.69, 9.17) is 36.3 Å². The number of hydrogen-bond acceptors (Lipinski definition) is 16. The molecular weight excluding hydrogens is 1170 g/mol. The topological polar surface area (TPSA) is 316 Å². The van der Waals surface area contributed by atoms with Gasteiger partial charge in [-0.2, -0.15) is 0 Å². The van der Waals surface area contributed by atoms with E-state index in [1.807, 2.05) is 32.1 Å². The molecule has 4 bridgehead atoms. The van der Waals surface area contributed by atoms with Crippen LogP contribution in [0, 0.1) is 24.7 Å². The number of benzene rings is 2. The fourth-order valence-electron chi connectivity index (χ4n) is 11.8. The Morgan fingerprint density at radius 3 is 2.39 bits per heavy atom. The van der Waals surface area contributed by atoms with Gasteiger partial charge in [0.1, 0.15) is 47.4 Å². The summed E-state index contributed by atoms with van der Waals surface area (Å²) in [5.74, 6) is -6.48. The second-order valence-corrected chi connectivity index (χ2v) is 24.7. The molecule has 480 valence electrons. The number of aliphatic hydroxyl groups is 1. The number of primary amides is 1. The van der Waals surface area contributed by atoms with E-state index in [0.29, 0.717) is 41.8 Å². The second kappa shape index (κ2) is 29.6. The number of carbonyl (C=O) groups is 10. The summed E-state index contributed by atoms with van der Waals surface area (Å²) < 4.78 is 24.3. The lowest BCUT2D eigenvalue weighted by Gasteiger charge is -2.41. The van der Waals surface area contributed by atoms with Gasteiger partial charge in [-0.3, -0.25) is 48.2 Å². The van der Waals surface area contributed by atoms with E-state index in [0.717, 1.165) is 26.5 Å². The number of methoxy groups -OCH3 is 1. The van der Waals surface area contributed by atoms with Crippen LogP contribution in [0.1, 0.15) is 127 Å². The molecule has 1 aromatic heterocycles. The number of imide groups is 1. The fraction of sp³-hybridized carbons (Fsp3) is 0.523. The minimum absolute atomic E-state index is 0.0163. The van der Waals surface area contributed by atoms with Crippen molar-refractivity contribution in [1.82, 2.24) is 25.4 Å². The number of anilines is 2. The number of esters is 2. The molecule has 2 fully saturated rings. The molecule has 7 rings (SSSR count). The normalized spacial score (nSPS) is 24.8. The number of nitrogens with one attached hydrogen (secondary N) is 3. The molecule has 0 aliphatic carbocycles. The Hall–Kier alpha value is -7.86. The van der Waals surface area contributed by atoms with E-state index in [2.05, 4.69) is 20.9 Å². The number of unbranched alkanes of at least 4 members (excludes halogenated alkanes) is 2. The SMILES string of the molecule is CO[C@@H]1/C=C/C=C(\C)Cc2cc(C)c(Cl)c(c2)N(C)C(=O)C[C@H](OC(=O)[C@H](C)N(C)C(=O)c2ccc(NC(=O)[C@H](CCCNC(N)=O)NC(=O)[C@@H](CC(=O)CCCCCN3C(=O)C=CC3=O)C(C)C)c3cccnc23)[C@]2(C)O[C@H]2[C@H](C)[C@@H]2C[C@@]1(O)CC(=O)O2. The zero-order valence-electron chi connectivity index (χ0n) is 52.2. The first-order valence-corrected chi connectivity index (χ1v) is 30.5. The van der Waals surface area contributed by atoms with Crippen molar-refractivity contribution >= 4 is 93.1 Å². The number of likely N-dealkylation sites (N-methyl/N-ethyl adjacent to an activating group) is 1. The molecule has 4 aliphatic heterocycles. The van der Waals surface area contributed by atoms with Crippen LogP contribution in [0.25, 0.3) is 10.9 Å². The number of Topliss-reactive ketones (excluding diaryl/α,β-unsaturated/α-hetero) is 1. The van der Waals surface area contributed by atoms with Crippen LogP contribution in [-0.2, 0) is 63.7 Å². The maximum Gasteiger partial charge on any atom is 0.328 e. The molecule has 2 aromatic carbocycles. The monoisotopic (exact) mass is 1250 g/mol. The first-order valence-electron chi connectivity index (χ1n) is 30.1. The molecule has 0 spiro atoms. The molecule has 0 radical (unpaired) electrons. The highest BCUT2D eigenvalue weighted by Gasteiger charge is 2.64. The van der Waals surface area contributed by atoms with Crippen molar-refractivity contribution in [1.29, 1.82) is 0 Å². The molecule has 24 heteroatoms. The fourth-order valence-corrected chi connectivity index (χ4v) is 12.0. The molecule has 8 amide bonds. The minimum Gasteiger partial charge on any atom is -0.462 e. The summed E-state index contributed by atoms with van der Waals surface area (Å²) in [6.45, 7) is 12.6. The lowest BCUT2D eigenvalue weighted by atomic mass is 9.78. The summed E-state index contributed by atoms with van der Waals surface area (Å²) in [7, 11) is 4.43. The standard InChI is InChI=1S/C65H83ClN8O15/c1-36(2)45(32-42(75)18-12-11-13-28-74-52(76)24-25-53(74)77)59(80)71-47(20-16-27-69-63(67)84)60(81)70-46-23-22-44(57-43(46)19-15-26-68-57)61(82)72(8)40(6)62(83)88-51-33-54(78)73(9)48-31-41(30-38(4)56(48)66)29-37(3)17-14-21-50(86-10)65(85)34-49(87-55(79)35-65)39(5)58-64(51,7)89-58/h14-15,17,19,21-26,30-31,36,39-40,45,47,49-51,58,85H,11-13,16,18,20,27-29,32-35H2,1-10H3,(H,70,81)(H,71,80)(H3,67,69,84)/b21-14+,37-17+/t39-,40+,45+,47+,49+,50-,51+,58+,64+,65-/m1/s1. The maximum atomic E-state index is 14.7. The summed E-state index contributed by atoms with van der Waals surface area (Å²) in [6.07, 6.45) is 7.07. The summed E-state index contributed by atoms with van der Waals surface area (Å²) in [5.41, 5.74) is 5.65. The minimum atomic E-state index is -1.66. The van der Waals surface area contributed by atoms with Gasteiger partial charge in [0.25, 0.3) is 17.7 Å². The lowest BCUT2D eigenvalue weighted by Crippen LogP contribution is -2.53. The first-order chi connectivity index (χ1) is 42.1. The number of amides is 8. The highest BCUT2D eigenvalue weighted by atomic mass is 35.5. The van der Waals surface area contributed by atoms with Gasteiger partial charge in [-0.15, -0.1) is 0 Å². The molecule has 2 saturated heterocycles. The van der Waals surface area contributed by atoms with Crippen molar-refractivity contribution in [2.24, 2.45) is 23.5 Å². The van der Waals surface area contributed by atoms with Crippen molar-refractivity contribution in [2.45, 2.75) is 167 Å². The van der Waals surface area contributed by atoms with Crippen LogP contribution in [0.15, 0.2) is 78.5 Å². The van der Waals surface area contributed by atoms with Gasteiger partial charge in [0.15, 0.2) is 0 Å². The van der Waals surface area contributed by atoms with Gasteiger partial charge in [-0.05, 0) is 107 Å². The number of epoxide rings is 1. The van der Waals surface area contributed by atoms with Crippen LogP contribution in [0.5, 0.6) is 0 Å². The number of rotatable bonds is 22. The van der Waals surface area contributed by atoms with E-state index in [-0.39, 0.29) is 91.9 Å². The molecule has 0 unspecified atom stereocenters. The number of nitrogens with two attached hydrogens (primary N) is 1. The third kappa shape index (κ3) is 16.7. The van der Waals surface area contributed by atoms with E-state index < -0.39 is 108 Å². The number of pyridine rings is 1. The summed E-state index contributed by atoms with van der Waals surface area (Å²) in [4.78, 5) is 142. The third-order valence-electron chi connectivity index (χ3n) is 17.4. The van der Waals surface area contributed by atoms with Crippen molar-refractivity contribution in [2.75, 3.05) is 44.5 Å². The Labute approximate surface area is 523 Å². The van der Waals surface area contributed by atoms with Crippen molar-refractivity contribution in [3.8, 4) is 0 Å². The molecule has 5 heterocycles. The summed E-state index contributed by atoms with van der Waals surface area (Å²) in [6, 6.07) is 6.67. The molecule has 89 heavy (non-hydrogen) atoms. The number of ether oxygens (including phenoxy) is 4. The highest BCUT2D eigenvalue weighted by Crippen LogP contribution is 2.50. The Balaban J connectivity index is 1.08. The molecular formula is C65H83ClN8O15. The molecule has 0 saturated carbocycles. The number of urea groups is 1. The van der Waals surface area contributed by atoms with E-state index >= 15 is 0 Å². The first kappa shape index (κ1) is 68.6. The van der Waals surface area contributed by atoms with Crippen LogP contribution < -0.4 is 26.6 Å². The van der Waals surface area contributed by atoms with Gasteiger partial charge < -0.3 is 55.5 Å². The number of allylic oxidation sites excluding steroid dienone is 3. The molecule has 6 N–H and O–H groups in total. The van der Waals surface area contributed by atoms with Gasteiger partial charge in [-0.25, -0.2) is 9.59 Å². The third-order valence-corrected chi connectivity index (χ3v) is 17.9. The van der Waals surface area contributed by atoms with Gasteiger partial charge in [-0.1, -0.05) is 68.7 Å². The van der Waals surface area contributed by atoms with Crippen LogP contribution in [0.4, 0.5) is 16.2 Å². The summed E-state index contributed by atoms with van der Waals surface area (Å²) in [5, 5.41) is 20.9. The molecule has 4 aliphatic rings. The number of ketones is 1. The average Bonchev–Trinajstić information content (AvgIpc) is 1.71. The van der Waals surface area contributed by atoms with Gasteiger partial charge >= 0.3 is 18.0 Å². The van der Waals surface area contributed by atoms with Crippen molar-refractivity contribution in [3.05, 3.63) is 100 Å². The number of fused-ring (bicyclic) bond motifs is 6. The predicted molar refractivity (Wildman–Crippen MR) is 331 cm³/mol. The maximum absolute atomic E-state index is 14.7. The lowest BCUT2D eigenvalue weighted by molar-refractivity contribution is -0.187. The molecule has 10 atom stereocenters. The van der Waals surface area contributed by atoms with E-state index in [9.17, 15) is 53.1 Å². The zero-order valence-corrected chi connectivity index (χ0v) is 53.0. The van der Waals surface area contributed by atoms with Crippen molar-refractivity contribution in [3.63, 3.8) is 0 Å². The highest BCUT2D eigenvalue weighted by molar-refractivity contribution is 6.34. The van der Waals surface area contributed by atoms with E-state index in [1.54, 1.807) is 59.0 Å². The zero-order chi connectivity index (χ0) is 65.2. The van der Waals surface area contributed by atoms with Gasteiger partial charge in [0.2, 0.25) is 17.7 Å².